The Kier molecular flexibility index (Phi) is 3.56. The number of nitrogens with two attached hydrogens (primary N) is 1. The van der Waals surface area contributed by atoms with Crippen LogP contribution in [0.2, 0.25) is 5.02 Å². The lowest BCUT2D eigenvalue weighted by Gasteiger charge is -2.16. The van der Waals surface area contributed by atoms with Gasteiger partial charge in [-0.15, -0.1) is 0 Å². The average Bonchev–Trinajstić information content (AvgIpc) is 2.63. The van der Waals surface area contributed by atoms with Gasteiger partial charge in [-0.1, -0.05) is 11.6 Å². The molecule has 88 valence electrons. The third-order valence-corrected chi connectivity index (χ3v) is 3.34. The van der Waals surface area contributed by atoms with Crippen molar-refractivity contribution >= 4 is 23.0 Å². The van der Waals surface area contributed by atoms with Gasteiger partial charge in [0.1, 0.15) is 0 Å². The van der Waals surface area contributed by atoms with E-state index in [1.807, 2.05) is 12.1 Å². The van der Waals surface area contributed by atoms with Crippen molar-refractivity contribution in [2.45, 2.75) is 19.4 Å². The average molecular weight is 241 g/mol. The number of halogens is 1. The maximum atomic E-state index is 5.86. The number of hydrogen-bond donors (Lipinski definition) is 2. The monoisotopic (exact) mass is 240 g/mol. The summed E-state index contributed by atoms with van der Waals surface area (Å²) in [7, 11) is 0. The molecular formula is C12H17ClN2O. The molecule has 0 amide bonds. The minimum absolute atomic E-state index is 0.334. The molecule has 0 aromatic heterocycles. The minimum Gasteiger partial charge on any atom is -0.397 e. The molecule has 1 saturated heterocycles. The molecule has 0 aliphatic carbocycles. The van der Waals surface area contributed by atoms with E-state index in [1.54, 1.807) is 6.07 Å². The van der Waals surface area contributed by atoms with E-state index in [-0.39, 0.29) is 0 Å². The number of anilines is 2. The Bertz CT molecular complexity index is 370. The zero-order valence-corrected chi connectivity index (χ0v) is 10.1. The highest BCUT2D eigenvalue weighted by Gasteiger charge is 2.23. The second-order valence-electron chi connectivity index (χ2n) is 4.24. The van der Waals surface area contributed by atoms with E-state index in [0.29, 0.717) is 22.7 Å². The maximum absolute atomic E-state index is 5.86. The highest BCUT2D eigenvalue weighted by Crippen LogP contribution is 2.25. The van der Waals surface area contributed by atoms with Gasteiger partial charge in [0.05, 0.1) is 17.5 Å². The molecule has 0 saturated carbocycles. The van der Waals surface area contributed by atoms with Crippen LogP contribution in [-0.4, -0.2) is 19.3 Å². The van der Waals surface area contributed by atoms with Crippen LogP contribution in [0, 0.1) is 5.92 Å². The molecule has 1 aromatic carbocycles. The fourth-order valence-electron chi connectivity index (χ4n) is 1.98. The lowest BCUT2D eigenvalue weighted by molar-refractivity contribution is 0.108. The second-order valence-corrected chi connectivity index (χ2v) is 4.67. The third-order valence-electron chi connectivity index (χ3n) is 3.10. The Labute approximate surface area is 101 Å². The first-order valence-electron chi connectivity index (χ1n) is 5.57. The van der Waals surface area contributed by atoms with Crippen LogP contribution < -0.4 is 11.1 Å². The summed E-state index contributed by atoms with van der Waals surface area (Å²) in [6.45, 7) is 3.88. The first-order chi connectivity index (χ1) is 7.66. The molecule has 2 rings (SSSR count). The minimum atomic E-state index is 0.334. The molecule has 16 heavy (non-hydrogen) atoms. The van der Waals surface area contributed by atoms with Gasteiger partial charge >= 0.3 is 0 Å². The van der Waals surface area contributed by atoms with Gasteiger partial charge in [0.2, 0.25) is 0 Å². The Morgan fingerprint density at radius 3 is 3.00 bits per heavy atom. The Morgan fingerprint density at radius 2 is 2.38 bits per heavy atom. The largest absolute Gasteiger partial charge is 0.397 e. The molecule has 0 bridgehead atoms. The third kappa shape index (κ3) is 2.60. The molecule has 1 aliphatic rings. The zero-order valence-electron chi connectivity index (χ0n) is 9.37. The number of nitrogens with one attached hydrogen (secondary N) is 1. The van der Waals surface area contributed by atoms with Gasteiger partial charge in [0.25, 0.3) is 0 Å². The molecule has 3 N–H and O–H groups in total. The van der Waals surface area contributed by atoms with E-state index in [1.165, 1.54) is 0 Å². The lowest BCUT2D eigenvalue weighted by atomic mass is 10.0. The van der Waals surface area contributed by atoms with Crippen LogP contribution in [-0.2, 0) is 4.74 Å². The second kappa shape index (κ2) is 4.93. The van der Waals surface area contributed by atoms with E-state index >= 15 is 0 Å². The van der Waals surface area contributed by atoms with E-state index in [9.17, 15) is 0 Å². The summed E-state index contributed by atoms with van der Waals surface area (Å²) in [4.78, 5) is 0. The lowest BCUT2D eigenvalue weighted by Crippen LogP contribution is -2.21. The molecule has 3 nitrogen and oxygen atoms in total. The topological polar surface area (TPSA) is 47.3 Å². The van der Waals surface area contributed by atoms with Crippen LogP contribution in [0.15, 0.2) is 18.2 Å². The molecular weight excluding hydrogens is 224 g/mol. The molecule has 1 fully saturated rings. The predicted molar refractivity (Wildman–Crippen MR) is 67.9 cm³/mol. The molecule has 2 atom stereocenters. The van der Waals surface area contributed by atoms with Gasteiger partial charge in [-0.05, 0) is 31.5 Å². The summed E-state index contributed by atoms with van der Waals surface area (Å²) in [6.07, 6.45) is 1.45. The van der Waals surface area contributed by atoms with Crippen LogP contribution in [0.5, 0.6) is 0 Å². The van der Waals surface area contributed by atoms with E-state index in [0.717, 1.165) is 25.3 Å². The quantitative estimate of drug-likeness (QED) is 0.799. The fraction of sp³-hybridized carbons (Fsp3) is 0.500. The van der Waals surface area contributed by atoms with Gasteiger partial charge in [-0.25, -0.2) is 0 Å². The summed E-state index contributed by atoms with van der Waals surface area (Å²) >= 11 is 5.84. The van der Waals surface area contributed by atoms with Crippen LogP contribution >= 0.6 is 11.6 Å². The molecule has 1 heterocycles. The molecule has 1 aromatic rings. The van der Waals surface area contributed by atoms with Gasteiger partial charge in [-0.3, -0.25) is 0 Å². The highest BCUT2D eigenvalue weighted by molar-refractivity contribution is 6.31. The predicted octanol–water partition coefficient (Wildman–Crippen LogP) is 2.76. The SMILES string of the molecule is CC1OCCC1CNc1ccc(Cl)cc1N. The normalized spacial score (nSPS) is 24.6. The summed E-state index contributed by atoms with van der Waals surface area (Å²) < 4.78 is 5.51. The number of nitrogen functional groups attached to an aromatic ring is 1. The van der Waals surface area contributed by atoms with Crippen molar-refractivity contribution in [1.82, 2.24) is 0 Å². The van der Waals surface area contributed by atoms with Crippen molar-refractivity contribution in [1.29, 1.82) is 0 Å². The Morgan fingerprint density at radius 1 is 1.56 bits per heavy atom. The summed E-state index contributed by atoms with van der Waals surface area (Å²) in [5.74, 6) is 0.565. The number of ether oxygens (including phenoxy) is 1. The van der Waals surface area contributed by atoms with E-state index < -0.39 is 0 Å². The van der Waals surface area contributed by atoms with Crippen molar-refractivity contribution < 1.29 is 4.74 Å². The highest BCUT2D eigenvalue weighted by atomic mass is 35.5. The molecule has 1 aliphatic heterocycles. The number of hydrogen-bond acceptors (Lipinski definition) is 3. The van der Waals surface area contributed by atoms with Gasteiger partial charge in [0.15, 0.2) is 0 Å². The van der Waals surface area contributed by atoms with Crippen molar-refractivity contribution in [2.24, 2.45) is 5.92 Å². The summed E-state index contributed by atoms with van der Waals surface area (Å²) in [5, 5.41) is 4.02. The van der Waals surface area contributed by atoms with Crippen molar-refractivity contribution in [2.75, 3.05) is 24.2 Å². The number of benzene rings is 1. The first kappa shape index (κ1) is 11.6. The molecule has 0 radical (unpaired) electrons. The Hall–Kier alpha value is -0.930. The van der Waals surface area contributed by atoms with E-state index in [2.05, 4.69) is 12.2 Å². The standard InChI is InChI=1S/C12H17ClN2O/c1-8-9(4-5-16-8)7-15-12-3-2-10(13)6-11(12)14/h2-3,6,8-9,15H,4-5,7,14H2,1H3. The Balaban J connectivity index is 1.94. The zero-order chi connectivity index (χ0) is 11.5. The van der Waals surface area contributed by atoms with Crippen LogP contribution in [0.1, 0.15) is 13.3 Å². The van der Waals surface area contributed by atoms with Gasteiger partial charge in [0, 0.05) is 24.1 Å². The summed E-state index contributed by atoms with van der Waals surface area (Å²) in [6, 6.07) is 5.52. The van der Waals surface area contributed by atoms with Crippen LogP contribution in [0.4, 0.5) is 11.4 Å². The summed E-state index contributed by atoms with van der Waals surface area (Å²) in [5.41, 5.74) is 7.50. The van der Waals surface area contributed by atoms with Crippen molar-refractivity contribution in [3.63, 3.8) is 0 Å². The molecule has 2 unspecified atom stereocenters. The number of rotatable bonds is 3. The molecule has 0 spiro atoms. The van der Waals surface area contributed by atoms with Gasteiger partial charge < -0.3 is 15.8 Å². The smallest absolute Gasteiger partial charge is 0.0592 e. The van der Waals surface area contributed by atoms with Gasteiger partial charge in [-0.2, -0.15) is 0 Å². The van der Waals surface area contributed by atoms with Crippen molar-refractivity contribution in [3.05, 3.63) is 23.2 Å². The van der Waals surface area contributed by atoms with Crippen LogP contribution in [0.3, 0.4) is 0 Å². The van der Waals surface area contributed by atoms with Crippen molar-refractivity contribution in [3.8, 4) is 0 Å². The molecule has 4 heteroatoms. The maximum Gasteiger partial charge on any atom is 0.0592 e. The van der Waals surface area contributed by atoms with Crippen LogP contribution in [0.25, 0.3) is 0 Å². The first-order valence-corrected chi connectivity index (χ1v) is 5.95. The van der Waals surface area contributed by atoms with E-state index in [4.69, 9.17) is 22.1 Å². The fourth-order valence-corrected chi connectivity index (χ4v) is 2.16.